The van der Waals surface area contributed by atoms with E-state index < -0.39 is 0 Å². The number of nitrogens with one attached hydrogen (secondary N) is 1. The van der Waals surface area contributed by atoms with Crippen molar-refractivity contribution < 1.29 is 0 Å². The quantitative estimate of drug-likeness (QED) is 0.849. The molecule has 1 N–H and O–H groups in total. The fourth-order valence-electron chi connectivity index (χ4n) is 2.28. The van der Waals surface area contributed by atoms with Crippen molar-refractivity contribution in [1.82, 2.24) is 15.2 Å². The zero-order chi connectivity index (χ0) is 11.5. The Labute approximate surface area is 96.9 Å². The number of nitrogens with zero attached hydrogens (tertiary/aromatic N) is 3. The van der Waals surface area contributed by atoms with E-state index in [2.05, 4.69) is 27.4 Å². The van der Waals surface area contributed by atoms with E-state index in [4.69, 9.17) is 0 Å². The first-order valence-corrected chi connectivity index (χ1v) is 6.07. The summed E-state index contributed by atoms with van der Waals surface area (Å²) >= 11 is 0. The summed E-state index contributed by atoms with van der Waals surface area (Å²) in [5.74, 6) is 2.33. The number of rotatable bonds is 3. The van der Waals surface area contributed by atoms with Crippen LogP contribution in [-0.4, -0.2) is 21.7 Å². The topological polar surface area (TPSA) is 50.7 Å². The van der Waals surface area contributed by atoms with Crippen molar-refractivity contribution in [3.63, 3.8) is 0 Å². The molecule has 1 aliphatic rings. The molecule has 1 aromatic heterocycles. The minimum Gasteiger partial charge on any atom is -0.353 e. The third-order valence-corrected chi connectivity index (χ3v) is 3.44. The van der Waals surface area contributed by atoms with Crippen LogP contribution in [0.3, 0.4) is 0 Å². The third kappa shape index (κ3) is 2.68. The Morgan fingerprint density at radius 2 is 2.00 bits per heavy atom. The maximum absolute atomic E-state index is 4.37. The van der Waals surface area contributed by atoms with Gasteiger partial charge in [0.25, 0.3) is 0 Å². The maximum Gasteiger partial charge on any atom is 0.242 e. The number of hydrogen-bond donors (Lipinski definition) is 1. The molecule has 0 aromatic carbocycles. The van der Waals surface area contributed by atoms with Crippen molar-refractivity contribution in [3.8, 4) is 0 Å². The monoisotopic (exact) mass is 220 g/mol. The van der Waals surface area contributed by atoms with Crippen molar-refractivity contribution >= 4 is 5.95 Å². The first kappa shape index (κ1) is 11.3. The summed E-state index contributed by atoms with van der Waals surface area (Å²) < 4.78 is 0. The van der Waals surface area contributed by atoms with Crippen LogP contribution >= 0.6 is 0 Å². The molecule has 0 amide bonds. The van der Waals surface area contributed by atoms with Crippen molar-refractivity contribution in [3.05, 3.63) is 11.4 Å². The molecule has 88 valence electrons. The average Bonchev–Trinajstić information content (AvgIpc) is 2.66. The summed E-state index contributed by atoms with van der Waals surface area (Å²) in [6.07, 6.45) is 4.01. The van der Waals surface area contributed by atoms with E-state index in [9.17, 15) is 0 Å². The first-order chi connectivity index (χ1) is 7.65. The van der Waals surface area contributed by atoms with E-state index >= 15 is 0 Å². The Hall–Kier alpha value is -1.19. The van der Waals surface area contributed by atoms with Crippen LogP contribution in [0.5, 0.6) is 0 Å². The van der Waals surface area contributed by atoms with E-state index in [0.29, 0.717) is 5.95 Å². The number of hydrogen-bond acceptors (Lipinski definition) is 4. The lowest BCUT2D eigenvalue weighted by Crippen LogP contribution is -2.14. The Morgan fingerprint density at radius 1 is 1.19 bits per heavy atom. The second-order valence-corrected chi connectivity index (χ2v) is 4.97. The molecule has 1 aliphatic carbocycles. The highest BCUT2D eigenvalue weighted by atomic mass is 15.2. The molecule has 1 fully saturated rings. The smallest absolute Gasteiger partial charge is 0.242 e. The molecule has 0 saturated heterocycles. The van der Waals surface area contributed by atoms with Gasteiger partial charge < -0.3 is 5.32 Å². The normalized spacial score (nSPS) is 24.7. The van der Waals surface area contributed by atoms with E-state index in [1.165, 1.54) is 19.3 Å². The van der Waals surface area contributed by atoms with Crippen LogP contribution in [0.25, 0.3) is 0 Å². The van der Waals surface area contributed by atoms with Gasteiger partial charge in [-0.1, -0.05) is 13.3 Å². The van der Waals surface area contributed by atoms with Gasteiger partial charge in [0.2, 0.25) is 5.95 Å². The van der Waals surface area contributed by atoms with E-state index in [1.54, 1.807) is 0 Å². The summed E-state index contributed by atoms with van der Waals surface area (Å²) in [6.45, 7) is 7.20. The predicted molar refractivity (Wildman–Crippen MR) is 64.3 cm³/mol. The van der Waals surface area contributed by atoms with Crippen LogP contribution in [0, 0.1) is 25.7 Å². The maximum atomic E-state index is 4.37. The summed E-state index contributed by atoms with van der Waals surface area (Å²) in [5.41, 5.74) is 1.86. The number of anilines is 1. The molecule has 2 rings (SSSR count). The Kier molecular flexibility index (Phi) is 3.36. The number of aromatic nitrogens is 3. The second-order valence-electron chi connectivity index (χ2n) is 4.97. The van der Waals surface area contributed by atoms with Crippen molar-refractivity contribution in [2.24, 2.45) is 11.8 Å². The van der Waals surface area contributed by atoms with Crippen LogP contribution in [0.1, 0.15) is 37.6 Å². The second kappa shape index (κ2) is 4.76. The minimum absolute atomic E-state index is 0.669. The highest BCUT2D eigenvalue weighted by molar-refractivity contribution is 5.24. The Bertz CT molecular complexity index is 364. The Balaban J connectivity index is 1.87. The van der Waals surface area contributed by atoms with Crippen LogP contribution in [0.15, 0.2) is 0 Å². The SMILES string of the molecule is Cc1nnc(NCC2CCC(C)C2)nc1C. The molecule has 2 atom stereocenters. The van der Waals surface area contributed by atoms with Gasteiger partial charge in [-0.05, 0) is 38.5 Å². The van der Waals surface area contributed by atoms with E-state index in [1.807, 2.05) is 13.8 Å². The molecule has 4 heteroatoms. The van der Waals surface area contributed by atoms with E-state index in [-0.39, 0.29) is 0 Å². The third-order valence-electron chi connectivity index (χ3n) is 3.44. The van der Waals surface area contributed by atoms with Gasteiger partial charge in [0.05, 0.1) is 11.4 Å². The van der Waals surface area contributed by atoms with Crippen LogP contribution < -0.4 is 5.32 Å². The Morgan fingerprint density at radius 3 is 2.62 bits per heavy atom. The highest BCUT2D eigenvalue weighted by Gasteiger charge is 2.21. The molecule has 1 heterocycles. The molecule has 2 unspecified atom stereocenters. The van der Waals surface area contributed by atoms with Crippen LogP contribution in [0.2, 0.25) is 0 Å². The molecular weight excluding hydrogens is 200 g/mol. The van der Waals surface area contributed by atoms with Crippen LogP contribution in [0.4, 0.5) is 5.95 Å². The summed E-state index contributed by atoms with van der Waals surface area (Å²) in [6, 6.07) is 0. The zero-order valence-electron chi connectivity index (χ0n) is 10.3. The van der Waals surface area contributed by atoms with Gasteiger partial charge in [-0.25, -0.2) is 4.98 Å². The van der Waals surface area contributed by atoms with Gasteiger partial charge in [-0.3, -0.25) is 0 Å². The van der Waals surface area contributed by atoms with Gasteiger partial charge in [-0.2, -0.15) is 5.10 Å². The number of aryl methyl sites for hydroxylation is 2. The summed E-state index contributed by atoms with van der Waals surface area (Å²) in [7, 11) is 0. The molecule has 0 radical (unpaired) electrons. The minimum atomic E-state index is 0.669. The van der Waals surface area contributed by atoms with Crippen molar-refractivity contribution in [2.45, 2.75) is 40.0 Å². The molecule has 1 aromatic rings. The molecule has 4 nitrogen and oxygen atoms in total. The van der Waals surface area contributed by atoms with Gasteiger partial charge in [0.1, 0.15) is 0 Å². The predicted octanol–water partition coefficient (Wildman–Crippen LogP) is 2.34. The van der Waals surface area contributed by atoms with Gasteiger partial charge in [0, 0.05) is 6.54 Å². The van der Waals surface area contributed by atoms with E-state index in [0.717, 1.165) is 29.8 Å². The fraction of sp³-hybridized carbons (Fsp3) is 0.750. The highest BCUT2D eigenvalue weighted by Crippen LogP contribution is 2.30. The van der Waals surface area contributed by atoms with Gasteiger partial charge >= 0.3 is 0 Å². The molecule has 16 heavy (non-hydrogen) atoms. The lowest BCUT2D eigenvalue weighted by atomic mass is 10.1. The van der Waals surface area contributed by atoms with Gasteiger partial charge in [0.15, 0.2) is 0 Å². The molecule has 0 bridgehead atoms. The molecule has 0 aliphatic heterocycles. The molecule has 1 saturated carbocycles. The molecule has 0 spiro atoms. The molecular formula is C12H20N4. The van der Waals surface area contributed by atoms with Crippen molar-refractivity contribution in [1.29, 1.82) is 0 Å². The summed E-state index contributed by atoms with van der Waals surface area (Å²) in [5, 5.41) is 11.4. The largest absolute Gasteiger partial charge is 0.353 e. The zero-order valence-corrected chi connectivity index (χ0v) is 10.3. The van der Waals surface area contributed by atoms with Crippen molar-refractivity contribution in [2.75, 3.05) is 11.9 Å². The fourth-order valence-corrected chi connectivity index (χ4v) is 2.28. The average molecular weight is 220 g/mol. The lowest BCUT2D eigenvalue weighted by molar-refractivity contribution is 0.535. The standard InChI is InChI=1S/C12H20N4/c1-8-4-5-11(6-8)7-13-12-14-9(2)10(3)15-16-12/h8,11H,4-7H2,1-3H3,(H,13,14,16). The van der Waals surface area contributed by atoms with Gasteiger partial charge in [-0.15, -0.1) is 5.10 Å². The summed E-state index contributed by atoms with van der Waals surface area (Å²) in [4.78, 5) is 4.37. The lowest BCUT2D eigenvalue weighted by Gasteiger charge is -2.11. The first-order valence-electron chi connectivity index (χ1n) is 6.07. The van der Waals surface area contributed by atoms with Crippen LogP contribution in [-0.2, 0) is 0 Å².